The van der Waals surface area contributed by atoms with Gasteiger partial charge in [0.1, 0.15) is 5.75 Å². The number of ether oxygens (including phenoxy) is 2. The van der Waals surface area contributed by atoms with Gasteiger partial charge in [-0.3, -0.25) is 0 Å². The fourth-order valence-corrected chi connectivity index (χ4v) is 3.55. The van der Waals surface area contributed by atoms with Gasteiger partial charge in [-0.05, 0) is 48.4 Å². The predicted octanol–water partition coefficient (Wildman–Crippen LogP) is 3.69. The SMILES string of the molecule is COCCNCC1(Cc2cc(Cl)ccc2OC)CCCC1. The Hall–Kier alpha value is -0.770. The molecule has 0 unspecified atom stereocenters. The van der Waals surface area contributed by atoms with Gasteiger partial charge in [0.25, 0.3) is 0 Å². The van der Waals surface area contributed by atoms with Gasteiger partial charge in [0.2, 0.25) is 0 Å². The van der Waals surface area contributed by atoms with Crippen molar-refractivity contribution in [2.75, 3.05) is 33.9 Å². The molecule has 1 saturated carbocycles. The highest BCUT2D eigenvalue weighted by atomic mass is 35.5. The first-order chi connectivity index (χ1) is 10.2. The zero-order chi connectivity index (χ0) is 15.1. The summed E-state index contributed by atoms with van der Waals surface area (Å²) in [4.78, 5) is 0. The van der Waals surface area contributed by atoms with Crippen LogP contribution in [0.2, 0.25) is 5.02 Å². The van der Waals surface area contributed by atoms with E-state index >= 15 is 0 Å². The second-order valence-electron chi connectivity index (χ2n) is 6.01. The highest BCUT2D eigenvalue weighted by molar-refractivity contribution is 6.30. The molecule has 4 heteroatoms. The van der Waals surface area contributed by atoms with Gasteiger partial charge < -0.3 is 14.8 Å². The van der Waals surface area contributed by atoms with Crippen LogP contribution in [0.5, 0.6) is 5.75 Å². The summed E-state index contributed by atoms with van der Waals surface area (Å²) in [5.74, 6) is 0.947. The summed E-state index contributed by atoms with van der Waals surface area (Å²) in [6, 6.07) is 5.91. The maximum Gasteiger partial charge on any atom is 0.122 e. The van der Waals surface area contributed by atoms with Gasteiger partial charge in [0.05, 0.1) is 13.7 Å². The lowest BCUT2D eigenvalue weighted by molar-refractivity contribution is 0.189. The van der Waals surface area contributed by atoms with Crippen molar-refractivity contribution in [3.63, 3.8) is 0 Å². The Balaban J connectivity index is 2.07. The summed E-state index contributed by atoms with van der Waals surface area (Å²) in [6.45, 7) is 2.70. The van der Waals surface area contributed by atoms with Crippen molar-refractivity contribution < 1.29 is 9.47 Å². The highest BCUT2D eigenvalue weighted by Gasteiger charge is 2.34. The standard InChI is InChI=1S/C17H26ClNO2/c1-20-10-9-19-13-17(7-3-4-8-17)12-14-11-15(18)5-6-16(14)21-2/h5-6,11,19H,3-4,7-10,12-13H2,1-2H3. The Kier molecular flexibility index (Phi) is 6.34. The van der Waals surface area contributed by atoms with Crippen LogP contribution in [-0.4, -0.2) is 33.9 Å². The Morgan fingerprint density at radius 1 is 1.24 bits per heavy atom. The zero-order valence-electron chi connectivity index (χ0n) is 13.1. The quantitative estimate of drug-likeness (QED) is 0.743. The van der Waals surface area contributed by atoms with E-state index in [0.717, 1.165) is 36.9 Å². The minimum absolute atomic E-state index is 0.325. The Morgan fingerprint density at radius 3 is 2.67 bits per heavy atom. The number of hydrogen-bond acceptors (Lipinski definition) is 3. The summed E-state index contributed by atoms with van der Waals surface area (Å²) in [6.07, 6.45) is 6.19. The van der Waals surface area contributed by atoms with Gasteiger partial charge in [-0.25, -0.2) is 0 Å². The van der Waals surface area contributed by atoms with E-state index in [1.165, 1.54) is 31.2 Å². The topological polar surface area (TPSA) is 30.5 Å². The Labute approximate surface area is 133 Å². The van der Waals surface area contributed by atoms with Crippen LogP contribution in [0.3, 0.4) is 0 Å². The van der Waals surface area contributed by atoms with Crippen molar-refractivity contribution >= 4 is 11.6 Å². The monoisotopic (exact) mass is 311 g/mol. The van der Waals surface area contributed by atoms with Crippen LogP contribution >= 0.6 is 11.6 Å². The van der Waals surface area contributed by atoms with Gasteiger partial charge >= 0.3 is 0 Å². The van der Waals surface area contributed by atoms with Crippen molar-refractivity contribution in [2.45, 2.75) is 32.1 Å². The van der Waals surface area contributed by atoms with Crippen LogP contribution in [0.15, 0.2) is 18.2 Å². The van der Waals surface area contributed by atoms with Crippen LogP contribution in [-0.2, 0) is 11.2 Å². The first kappa shape index (κ1) is 16.6. The Morgan fingerprint density at radius 2 is 2.00 bits per heavy atom. The van der Waals surface area contributed by atoms with Crippen molar-refractivity contribution in [1.29, 1.82) is 0 Å². The number of nitrogens with one attached hydrogen (secondary N) is 1. The van der Waals surface area contributed by atoms with Crippen molar-refractivity contribution in [3.05, 3.63) is 28.8 Å². The maximum atomic E-state index is 6.16. The largest absolute Gasteiger partial charge is 0.496 e. The van der Waals surface area contributed by atoms with E-state index in [0.29, 0.717) is 5.41 Å². The summed E-state index contributed by atoms with van der Waals surface area (Å²) in [5, 5.41) is 4.33. The van der Waals surface area contributed by atoms with Gasteiger partial charge in [0, 0.05) is 25.2 Å². The third-order valence-corrected chi connectivity index (χ3v) is 4.69. The molecule has 118 valence electrons. The molecule has 3 nitrogen and oxygen atoms in total. The third kappa shape index (κ3) is 4.60. The molecule has 1 aliphatic rings. The minimum atomic E-state index is 0.325. The van der Waals surface area contributed by atoms with Crippen molar-refractivity contribution in [3.8, 4) is 5.75 Å². The average molecular weight is 312 g/mol. The normalized spacial score (nSPS) is 17.1. The van der Waals surface area contributed by atoms with Crippen molar-refractivity contribution in [1.82, 2.24) is 5.32 Å². The van der Waals surface area contributed by atoms with Gasteiger partial charge in [0.15, 0.2) is 0 Å². The fourth-order valence-electron chi connectivity index (χ4n) is 3.36. The number of rotatable bonds is 8. The summed E-state index contributed by atoms with van der Waals surface area (Å²) in [7, 11) is 3.47. The fraction of sp³-hybridized carbons (Fsp3) is 0.647. The smallest absolute Gasteiger partial charge is 0.122 e. The van der Waals surface area contributed by atoms with E-state index in [-0.39, 0.29) is 0 Å². The number of benzene rings is 1. The summed E-state index contributed by atoms with van der Waals surface area (Å²) in [5.41, 5.74) is 1.55. The third-order valence-electron chi connectivity index (χ3n) is 4.46. The molecule has 1 aromatic rings. The molecule has 1 fully saturated rings. The molecule has 0 amide bonds. The van der Waals surface area contributed by atoms with Crippen LogP contribution in [0.4, 0.5) is 0 Å². The van der Waals surface area contributed by atoms with Gasteiger partial charge in [-0.15, -0.1) is 0 Å². The van der Waals surface area contributed by atoms with E-state index in [1.807, 2.05) is 12.1 Å². The lowest BCUT2D eigenvalue weighted by atomic mass is 9.79. The molecule has 1 aliphatic carbocycles. The first-order valence-corrected chi connectivity index (χ1v) is 8.09. The van der Waals surface area contributed by atoms with Crippen molar-refractivity contribution in [2.24, 2.45) is 5.41 Å². The molecule has 21 heavy (non-hydrogen) atoms. The number of halogens is 1. The van der Waals surface area contributed by atoms with Crippen LogP contribution in [0.1, 0.15) is 31.2 Å². The summed E-state index contributed by atoms with van der Waals surface area (Å²) >= 11 is 6.16. The van der Waals surface area contributed by atoms with E-state index in [1.54, 1.807) is 14.2 Å². The average Bonchev–Trinajstić information content (AvgIpc) is 2.93. The molecular weight excluding hydrogens is 286 g/mol. The molecule has 1 N–H and O–H groups in total. The van der Waals surface area contributed by atoms with Gasteiger partial charge in [-0.1, -0.05) is 24.4 Å². The van der Waals surface area contributed by atoms with E-state index in [2.05, 4.69) is 11.4 Å². The molecule has 0 radical (unpaired) electrons. The molecule has 1 aromatic carbocycles. The molecule has 0 aromatic heterocycles. The van der Waals surface area contributed by atoms with E-state index < -0.39 is 0 Å². The molecule has 0 bridgehead atoms. The number of methoxy groups -OCH3 is 2. The molecule has 0 atom stereocenters. The molecule has 0 heterocycles. The predicted molar refractivity (Wildman–Crippen MR) is 87.4 cm³/mol. The lowest BCUT2D eigenvalue weighted by Crippen LogP contribution is -2.35. The second kappa shape index (κ2) is 8.02. The summed E-state index contributed by atoms with van der Waals surface area (Å²) < 4.78 is 10.6. The van der Waals surface area contributed by atoms with E-state index in [4.69, 9.17) is 21.1 Å². The minimum Gasteiger partial charge on any atom is -0.496 e. The van der Waals surface area contributed by atoms with Crippen LogP contribution < -0.4 is 10.1 Å². The zero-order valence-corrected chi connectivity index (χ0v) is 13.8. The molecular formula is C17H26ClNO2. The molecule has 0 aliphatic heterocycles. The highest BCUT2D eigenvalue weighted by Crippen LogP contribution is 2.42. The van der Waals surface area contributed by atoms with Gasteiger partial charge in [-0.2, -0.15) is 0 Å². The maximum absolute atomic E-state index is 6.16. The molecule has 2 rings (SSSR count). The van der Waals surface area contributed by atoms with Crippen LogP contribution in [0, 0.1) is 5.41 Å². The Bertz CT molecular complexity index is 444. The van der Waals surface area contributed by atoms with Crippen LogP contribution in [0.25, 0.3) is 0 Å². The van der Waals surface area contributed by atoms with E-state index in [9.17, 15) is 0 Å². The lowest BCUT2D eigenvalue weighted by Gasteiger charge is -2.30. The molecule has 0 spiro atoms. The molecule has 0 saturated heterocycles. The second-order valence-corrected chi connectivity index (χ2v) is 6.45. The number of hydrogen-bond donors (Lipinski definition) is 1. The first-order valence-electron chi connectivity index (χ1n) is 7.71.